The topological polar surface area (TPSA) is 54.3 Å². The number of benzene rings is 1. The third-order valence-corrected chi connectivity index (χ3v) is 5.88. The Morgan fingerprint density at radius 3 is 2.64 bits per heavy atom. The van der Waals surface area contributed by atoms with Crippen LogP contribution in [0, 0.1) is 6.92 Å². The lowest BCUT2D eigenvalue weighted by molar-refractivity contribution is -0.134. The standard InChI is InChI=1S/C18H21N5OS/c1-13(23-8-7-19-14(23)2)17(24)21-9-11-22(12-10-21)18-20-15-5-3-4-6-16(15)25-18/h3-8,13H,9-12H2,1-2H3/t13-/m1/s1. The first-order chi connectivity index (χ1) is 12.1. The Morgan fingerprint density at radius 2 is 1.96 bits per heavy atom. The van der Waals surface area contributed by atoms with E-state index in [-0.39, 0.29) is 11.9 Å². The fraction of sp³-hybridized carbons (Fsp3) is 0.389. The predicted molar refractivity (Wildman–Crippen MR) is 100 cm³/mol. The molecule has 4 rings (SSSR count). The number of aromatic nitrogens is 3. The van der Waals surface area contributed by atoms with E-state index in [9.17, 15) is 4.79 Å². The molecule has 0 spiro atoms. The summed E-state index contributed by atoms with van der Waals surface area (Å²) in [6, 6.07) is 7.99. The Balaban J connectivity index is 1.42. The van der Waals surface area contributed by atoms with Crippen LogP contribution >= 0.6 is 11.3 Å². The number of fused-ring (bicyclic) bond motifs is 1. The second kappa shape index (κ2) is 6.48. The molecule has 3 aromatic rings. The van der Waals surface area contributed by atoms with Crippen molar-refractivity contribution in [3.05, 3.63) is 42.5 Å². The SMILES string of the molecule is Cc1nccn1[C@H](C)C(=O)N1CCN(c2nc3ccccc3s2)CC1. The van der Waals surface area contributed by atoms with Crippen LogP contribution in [0.25, 0.3) is 10.2 Å². The second-order valence-electron chi connectivity index (χ2n) is 6.33. The van der Waals surface area contributed by atoms with Crippen LogP contribution in [0.4, 0.5) is 5.13 Å². The third-order valence-electron chi connectivity index (χ3n) is 4.78. The van der Waals surface area contributed by atoms with Gasteiger partial charge in [-0.25, -0.2) is 9.97 Å². The first-order valence-corrected chi connectivity index (χ1v) is 9.34. The summed E-state index contributed by atoms with van der Waals surface area (Å²) in [6.45, 7) is 6.97. The Hall–Kier alpha value is -2.41. The molecule has 1 aliphatic rings. The number of amides is 1. The van der Waals surface area contributed by atoms with Crippen molar-refractivity contribution >= 4 is 32.6 Å². The summed E-state index contributed by atoms with van der Waals surface area (Å²) in [7, 11) is 0. The molecule has 1 amide bonds. The maximum atomic E-state index is 12.8. The molecule has 25 heavy (non-hydrogen) atoms. The number of anilines is 1. The van der Waals surface area contributed by atoms with Gasteiger partial charge >= 0.3 is 0 Å². The number of carbonyl (C=O) groups excluding carboxylic acids is 1. The van der Waals surface area contributed by atoms with Gasteiger partial charge in [-0.3, -0.25) is 4.79 Å². The second-order valence-corrected chi connectivity index (χ2v) is 7.34. The zero-order valence-corrected chi connectivity index (χ0v) is 15.2. The van der Waals surface area contributed by atoms with Gasteiger partial charge in [0.05, 0.1) is 10.2 Å². The minimum Gasteiger partial charge on any atom is -0.345 e. The largest absolute Gasteiger partial charge is 0.345 e. The van der Waals surface area contributed by atoms with Gasteiger partial charge in [-0.15, -0.1) is 0 Å². The number of para-hydroxylation sites is 1. The van der Waals surface area contributed by atoms with Gasteiger partial charge in [0.15, 0.2) is 5.13 Å². The number of hydrogen-bond donors (Lipinski definition) is 0. The Labute approximate surface area is 150 Å². The molecule has 0 unspecified atom stereocenters. The van der Waals surface area contributed by atoms with E-state index < -0.39 is 0 Å². The highest BCUT2D eigenvalue weighted by molar-refractivity contribution is 7.22. The lowest BCUT2D eigenvalue weighted by Crippen LogP contribution is -2.50. The fourth-order valence-corrected chi connectivity index (χ4v) is 4.31. The molecule has 1 aromatic carbocycles. The molecule has 1 saturated heterocycles. The number of thiazole rings is 1. The molecule has 0 radical (unpaired) electrons. The van der Waals surface area contributed by atoms with Gasteiger partial charge in [-0.2, -0.15) is 0 Å². The van der Waals surface area contributed by atoms with Gasteiger partial charge in [0.1, 0.15) is 11.9 Å². The molecular weight excluding hydrogens is 334 g/mol. The fourth-order valence-electron chi connectivity index (χ4n) is 3.29. The van der Waals surface area contributed by atoms with Crippen molar-refractivity contribution in [1.29, 1.82) is 0 Å². The number of aryl methyl sites for hydroxylation is 1. The number of piperazine rings is 1. The van der Waals surface area contributed by atoms with Gasteiger partial charge in [0.2, 0.25) is 5.91 Å². The first-order valence-electron chi connectivity index (χ1n) is 8.52. The zero-order valence-electron chi connectivity index (χ0n) is 14.4. The van der Waals surface area contributed by atoms with Crippen molar-refractivity contribution in [3.63, 3.8) is 0 Å². The maximum Gasteiger partial charge on any atom is 0.245 e. The number of imidazole rings is 1. The smallest absolute Gasteiger partial charge is 0.245 e. The highest BCUT2D eigenvalue weighted by Gasteiger charge is 2.27. The molecule has 6 nitrogen and oxygen atoms in total. The first kappa shape index (κ1) is 16.1. The molecule has 0 N–H and O–H groups in total. The summed E-state index contributed by atoms with van der Waals surface area (Å²) >= 11 is 1.72. The van der Waals surface area contributed by atoms with E-state index in [1.54, 1.807) is 17.5 Å². The molecular formula is C18H21N5OS. The molecule has 3 heterocycles. The average Bonchev–Trinajstić information content (AvgIpc) is 3.26. The van der Waals surface area contributed by atoms with Crippen molar-refractivity contribution in [2.24, 2.45) is 0 Å². The van der Waals surface area contributed by atoms with Gasteiger partial charge < -0.3 is 14.4 Å². The molecule has 1 aliphatic heterocycles. The van der Waals surface area contributed by atoms with E-state index >= 15 is 0 Å². The highest BCUT2D eigenvalue weighted by atomic mass is 32.1. The lowest BCUT2D eigenvalue weighted by atomic mass is 10.2. The monoisotopic (exact) mass is 355 g/mol. The number of nitrogens with zero attached hydrogens (tertiary/aromatic N) is 5. The van der Waals surface area contributed by atoms with E-state index in [1.165, 1.54) is 4.70 Å². The third kappa shape index (κ3) is 3.00. The van der Waals surface area contributed by atoms with Crippen LogP contribution in [-0.4, -0.2) is 51.5 Å². The van der Waals surface area contributed by atoms with Crippen LogP contribution in [0.3, 0.4) is 0 Å². The molecule has 0 saturated carbocycles. The lowest BCUT2D eigenvalue weighted by Gasteiger charge is -2.36. The number of carbonyl (C=O) groups is 1. The minimum atomic E-state index is -0.212. The average molecular weight is 355 g/mol. The summed E-state index contributed by atoms with van der Waals surface area (Å²) in [6.07, 6.45) is 3.61. The van der Waals surface area contributed by atoms with Crippen LogP contribution < -0.4 is 4.90 Å². The van der Waals surface area contributed by atoms with Crippen molar-refractivity contribution in [3.8, 4) is 0 Å². The van der Waals surface area contributed by atoms with Gasteiger partial charge in [0.25, 0.3) is 0 Å². The summed E-state index contributed by atoms with van der Waals surface area (Å²) in [5.74, 6) is 1.03. The van der Waals surface area contributed by atoms with Gasteiger partial charge in [-0.05, 0) is 26.0 Å². The molecule has 7 heteroatoms. The highest BCUT2D eigenvalue weighted by Crippen LogP contribution is 2.29. The Morgan fingerprint density at radius 1 is 1.20 bits per heavy atom. The van der Waals surface area contributed by atoms with Crippen LogP contribution in [0.15, 0.2) is 36.7 Å². The van der Waals surface area contributed by atoms with E-state index in [0.717, 1.165) is 42.7 Å². The van der Waals surface area contributed by atoms with Crippen LogP contribution in [0.2, 0.25) is 0 Å². The van der Waals surface area contributed by atoms with Crippen LogP contribution in [0.1, 0.15) is 18.8 Å². The summed E-state index contributed by atoms with van der Waals surface area (Å²) in [5, 5.41) is 1.05. The van der Waals surface area contributed by atoms with E-state index in [4.69, 9.17) is 4.98 Å². The molecule has 0 aliphatic carbocycles. The summed E-state index contributed by atoms with van der Waals surface area (Å²) < 4.78 is 3.14. The van der Waals surface area contributed by atoms with E-state index in [0.29, 0.717) is 0 Å². The molecule has 130 valence electrons. The normalized spacial score (nSPS) is 16.4. The maximum absolute atomic E-state index is 12.8. The van der Waals surface area contributed by atoms with E-state index in [2.05, 4.69) is 16.0 Å². The number of hydrogen-bond acceptors (Lipinski definition) is 5. The molecule has 1 atom stereocenters. The summed E-state index contributed by atoms with van der Waals surface area (Å²) in [4.78, 5) is 25.9. The molecule has 1 fully saturated rings. The quantitative estimate of drug-likeness (QED) is 0.725. The van der Waals surface area contributed by atoms with Crippen molar-refractivity contribution in [2.75, 3.05) is 31.1 Å². The van der Waals surface area contributed by atoms with E-state index in [1.807, 2.05) is 47.7 Å². The minimum absolute atomic E-state index is 0.157. The van der Waals surface area contributed by atoms with Crippen LogP contribution in [-0.2, 0) is 4.79 Å². The molecule has 2 aromatic heterocycles. The predicted octanol–water partition coefficient (Wildman–Crippen LogP) is 2.71. The summed E-state index contributed by atoms with van der Waals surface area (Å²) in [5.41, 5.74) is 1.05. The molecule has 0 bridgehead atoms. The van der Waals surface area contributed by atoms with Crippen molar-refractivity contribution in [2.45, 2.75) is 19.9 Å². The van der Waals surface area contributed by atoms with Crippen LogP contribution in [0.5, 0.6) is 0 Å². The zero-order chi connectivity index (χ0) is 17.4. The Kier molecular flexibility index (Phi) is 4.17. The van der Waals surface area contributed by atoms with Gasteiger partial charge in [0, 0.05) is 38.6 Å². The Bertz CT molecular complexity index is 861. The van der Waals surface area contributed by atoms with Crippen molar-refractivity contribution < 1.29 is 4.79 Å². The van der Waals surface area contributed by atoms with Crippen molar-refractivity contribution in [1.82, 2.24) is 19.4 Å². The number of rotatable bonds is 3. The van der Waals surface area contributed by atoms with Gasteiger partial charge in [-0.1, -0.05) is 23.5 Å².